The minimum absolute atomic E-state index is 0. The molecular formula is C22H29IN6O. The third-order valence-electron chi connectivity index (χ3n) is 4.61. The number of aromatic nitrogens is 3. The number of nitrogens with one attached hydrogen (secondary N) is 2. The molecule has 0 aliphatic heterocycles. The molecule has 0 saturated heterocycles. The molecule has 0 saturated carbocycles. The summed E-state index contributed by atoms with van der Waals surface area (Å²) >= 11 is 0. The summed E-state index contributed by atoms with van der Waals surface area (Å²) in [5.74, 6) is 2.40. The SMILES string of the molecule is CN=C(NCc1ccc(-n2nc(C)cc2C)nc1)NCc1ccc(C)cc1OC.I. The summed E-state index contributed by atoms with van der Waals surface area (Å²) in [6, 6.07) is 12.2. The fourth-order valence-electron chi connectivity index (χ4n) is 3.09. The van der Waals surface area contributed by atoms with E-state index in [0.29, 0.717) is 13.1 Å². The number of rotatable bonds is 6. The van der Waals surface area contributed by atoms with Crippen molar-refractivity contribution in [1.82, 2.24) is 25.4 Å². The van der Waals surface area contributed by atoms with Crippen LogP contribution in [0, 0.1) is 20.8 Å². The normalized spacial score (nSPS) is 11.0. The Morgan fingerprint density at radius 2 is 1.83 bits per heavy atom. The van der Waals surface area contributed by atoms with Crippen molar-refractivity contribution in [3.8, 4) is 11.6 Å². The molecule has 2 heterocycles. The lowest BCUT2D eigenvalue weighted by atomic mass is 10.1. The number of halogens is 1. The number of aliphatic imine (C=N–C) groups is 1. The van der Waals surface area contributed by atoms with Crippen molar-refractivity contribution >= 4 is 29.9 Å². The van der Waals surface area contributed by atoms with Gasteiger partial charge in [0.1, 0.15) is 5.75 Å². The summed E-state index contributed by atoms with van der Waals surface area (Å²) in [6.45, 7) is 7.30. The van der Waals surface area contributed by atoms with Gasteiger partial charge < -0.3 is 15.4 Å². The van der Waals surface area contributed by atoms with Crippen molar-refractivity contribution in [3.63, 3.8) is 0 Å². The van der Waals surface area contributed by atoms with Crippen molar-refractivity contribution < 1.29 is 4.74 Å². The van der Waals surface area contributed by atoms with Gasteiger partial charge in [0, 0.05) is 37.6 Å². The van der Waals surface area contributed by atoms with Gasteiger partial charge >= 0.3 is 0 Å². The molecular weight excluding hydrogens is 491 g/mol. The first kappa shape index (κ1) is 23.7. The minimum Gasteiger partial charge on any atom is -0.496 e. The van der Waals surface area contributed by atoms with Crippen LogP contribution in [0.1, 0.15) is 28.1 Å². The Bertz CT molecular complexity index is 997. The number of ether oxygens (including phenoxy) is 1. The van der Waals surface area contributed by atoms with Gasteiger partial charge in [-0.3, -0.25) is 4.99 Å². The van der Waals surface area contributed by atoms with Gasteiger partial charge in [-0.1, -0.05) is 18.2 Å². The fraction of sp³-hybridized carbons (Fsp3) is 0.318. The average Bonchev–Trinajstić information content (AvgIpc) is 3.07. The van der Waals surface area contributed by atoms with Crippen LogP contribution in [0.4, 0.5) is 0 Å². The first-order chi connectivity index (χ1) is 14.0. The second kappa shape index (κ2) is 11.0. The maximum Gasteiger partial charge on any atom is 0.191 e. The van der Waals surface area contributed by atoms with Gasteiger partial charge in [0.2, 0.25) is 0 Å². The number of nitrogens with zero attached hydrogens (tertiary/aromatic N) is 4. The lowest BCUT2D eigenvalue weighted by molar-refractivity contribution is 0.408. The third-order valence-corrected chi connectivity index (χ3v) is 4.61. The quantitative estimate of drug-likeness (QED) is 0.295. The van der Waals surface area contributed by atoms with E-state index in [-0.39, 0.29) is 24.0 Å². The van der Waals surface area contributed by atoms with Crippen molar-refractivity contribution in [2.24, 2.45) is 4.99 Å². The molecule has 0 aliphatic rings. The van der Waals surface area contributed by atoms with Crippen LogP contribution in [-0.4, -0.2) is 34.9 Å². The first-order valence-electron chi connectivity index (χ1n) is 9.56. The lowest BCUT2D eigenvalue weighted by Crippen LogP contribution is -2.36. The molecule has 0 amide bonds. The van der Waals surface area contributed by atoms with Crippen LogP contribution in [0.25, 0.3) is 5.82 Å². The molecule has 0 fully saturated rings. The molecule has 0 spiro atoms. The van der Waals surface area contributed by atoms with Gasteiger partial charge in [0.05, 0.1) is 12.8 Å². The zero-order valence-corrected chi connectivity index (χ0v) is 20.4. The van der Waals surface area contributed by atoms with Crippen molar-refractivity contribution in [3.05, 3.63) is 70.7 Å². The number of hydrogen-bond donors (Lipinski definition) is 2. The first-order valence-corrected chi connectivity index (χ1v) is 9.56. The predicted molar refractivity (Wildman–Crippen MR) is 131 cm³/mol. The van der Waals surface area contributed by atoms with E-state index < -0.39 is 0 Å². The van der Waals surface area contributed by atoms with Crippen molar-refractivity contribution in [2.45, 2.75) is 33.9 Å². The van der Waals surface area contributed by atoms with Crippen LogP contribution in [0.2, 0.25) is 0 Å². The van der Waals surface area contributed by atoms with Crippen LogP contribution >= 0.6 is 24.0 Å². The van der Waals surface area contributed by atoms with Crippen LogP contribution in [0.15, 0.2) is 47.6 Å². The highest BCUT2D eigenvalue weighted by Crippen LogP contribution is 2.19. The summed E-state index contributed by atoms with van der Waals surface area (Å²) in [7, 11) is 3.44. The van der Waals surface area contributed by atoms with E-state index in [1.165, 1.54) is 5.56 Å². The molecule has 0 atom stereocenters. The standard InChI is InChI=1S/C22H28N6O.HI/c1-15-6-8-19(20(10-15)29-5)14-26-22(23-4)25-13-18-7-9-21(24-12-18)28-17(3)11-16(2)27-28;/h6-12H,13-14H2,1-5H3,(H2,23,25,26);1H. The summed E-state index contributed by atoms with van der Waals surface area (Å²) in [5.41, 5.74) is 5.36. The van der Waals surface area contributed by atoms with Gasteiger partial charge in [0.15, 0.2) is 11.8 Å². The molecule has 1 aromatic carbocycles. The number of hydrogen-bond acceptors (Lipinski definition) is 4. The summed E-state index contributed by atoms with van der Waals surface area (Å²) in [5, 5.41) is 11.1. The van der Waals surface area contributed by atoms with Gasteiger partial charge in [-0.05, 0) is 50.1 Å². The Labute approximate surface area is 195 Å². The number of pyridine rings is 1. The second-order valence-corrected chi connectivity index (χ2v) is 6.96. The fourth-order valence-corrected chi connectivity index (χ4v) is 3.09. The van der Waals surface area contributed by atoms with Gasteiger partial charge in [-0.15, -0.1) is 24.0 Å². The van der Waals surface area contributed by atoms with Gasteiger partial charge in [0.25, 0.3) is 0 Å². The van der Waals surface area contributed by atoms with E-state index in [0.717, 1.165) is 40.0 Å². The monoisotopic (exact) mass is 520 g/mol. The summed E-state index contributed by atoms with van der Waals surface area (Å²) in [6.07, 6.45) is 1.86. The molecule has 0 bridgehead atoms. The maximum atomic E-state index is 5.46. The molecule has 30 heavy (non-hydrogen) atoms. The van der Waals surface area contributed by atoms with Gasteiger partial charge in [-0.2, -0.15) is 5.10 Å². The number of methoxy groups -OCH3 is 1. The molecule has 160 valence electrons. The highest BCUT2D eigenvalue weighted by atomic mass is 127. The average molecular weight is 520 g/mol. The molecule has 7 nitrogen and oxygen atoms in total. The second-order valence-electron chi connectivity index (χ2n) is 6.96. The minimum atomic E-state index is 0. The smallest absolute Gasteiger partial charge is 0.191 e. The molecule has 2 aromatic heterocycles. The maximum absolute atomic E-state index is 5.46. The van der Waals surface area contributed by atoms with E-state index in [4.69, 9.17) is 4.74 Å². The van der Waals surface area contributed by atoms with Crippen molar-refractivity contribution in [1.29, 1.82) is 0 Å². The largest absolute Gasteiger partial charge is 0.496 e. The third kappa shape index (κ3) is 5.94. The van der Waals surface area contributed by atoms with E-state index in [9.17, 15) is 0 Å². The summed E-state index contributed by atoms with van der Waals surface area (Å²) < 4.78 is 7.31. The molecule has 0 unspecified atom stereocenters. The predicted octanol–water partition coefficient (Wildman–Crippen LogP) is 3.68. The highest BCUT2D eigenvalue weighted by molar-refractivity contribution is 14.0. The Morgan fingerprint density at radius 3 is 2.43 bits per heavy atom. The van der Waals surface area contributed by atoms with Gasteiger partial charge in [-0.25, -0.2) is 9.67 Å². The Hall–Kier alpha value is -2.62. The number of guanidine groups is 1. The molecule has 0 radical (unpaired) electrons. The Kier molecular flexibility index (Phi) is 8.64. The van der Waals surface area contributed by atoms with Crippen LogP contribution < -0.4 is 15.4 Å². The van der Waals surface area contributed by atoms with Crippen LogP contribution in [0.3, 0.4) is 0 Å². The van der Waals surface area contributed by atoms with E-state index >= 15 is 0 Å². The topological polar surface area (TPSA) is 76.4 Å². The zero-order chi connectivity index (χ0) is 20.8. The van der Waals surface area contributed by atoms with Crippen LogP contribution in [0.5, 0.6) is 5.75 Å². The summed E-state index contributed by atoms with van der Waals surface area (Å²) in [4.78, 5) is 8.82. The van der Waals surface area contributed by atoms with Crippen molar-refractivity contribution in [2.75, 3.05) is 14.2 Å². The molecule has 8 heteroatoms. The van der Waals surface area contributed by atoms with E-state index in [1.807, 2.05) is 55.9 Å². The lowest BCUT2D eigenvalue weighted by Gasteiger charge is -2.14. The molecule has 3 rings (SSSR count). The van der Waals surface area contributed by atoms with Crippen LogP contribution in [-0.2, 0) is 13.1 Å². The van der Waals surface area contributed by atoms with E-state index in [1.54, 1.807) is 14.2 Å². The Morgan fingerprint density at radius 1 is 1.07 bits per heavy atom. The number of aryl methyl sites for hydroxylation is 3. The molecule has 2 N–H and O–H groups in total. The Balaban J connectivity index is 0.00000320. The molecule has 3 aromatic rings. The highest BCUT2D eigenvalue weighted by Gasteiger charge is 2.07. The zero-order valence-electron chi connectivity index (χ0n) is 18.1. The van der Waals surface area contributed by atoms with E-state index in [2.05, 4.69) is 37.8 Å². The number of benzene rings is 1. The molecule has 0 aliphatic carbocycles.